The Morgan fingerprint density at radius 3 is 2.45 bits per heavy atom. The summed E-state index contributed by atoms with van der Waals surface area (Å²) < 4.78 is 42.8. The molecule has 0 aliphatic heterocycles. The van der Waals surface area contributed by atoms with E-state index in [-0.39, 0.29) is 35.1 Å². The van der Waals surface area contributed by atoms with Crippen LogP contribution in [0.1, 0.15) is 24.0 Å². The van der Waals surface area contributed by atoms with Gasteiger partial charge in [0.05, 0.1) is 5.69 Å². The number of aromatic nitrogens is 1. The Morgan fingerprint density at radius 1 is 1.11 bits per heavy atom. The molecule has 0 saturated heterocycles. The predicted octanol–water partition coefficient (Wildman–Crippen LogP) is 4.02. The second kappa shape index (κ2) is 12.6. The molecule has 3 aromatic rings. The van der Waals surface area contributed by atoms with Crippen LogP contribution in [0.15, 0.2) is 76.8 Å². The van der Waals surface area contributed by atoms with Gasteiger partial charge in [0.1, 0.15) is 11.4 Å². The van der Waals surface area contributed by atoms with Crippen LogP contribution in [0.5, 0.6) is 5.75 Å². The van der Waals surface area contributed by atoms with E-state index in [1.807, 2.05) is 19.1 Å². The van der Waals surface area contributed by atoms with E-state index in [9.17, 15) is 27.6 Å². The van der Waals surface area contributed by atoms with Crippen LogP contribution in [0, 0.1) is 6.92 Å². The highest BCUT2D eigenvalue weighted by atomic mass is 19.4. The first kappa shape index (κ1) is 28.0. The van der Waals surface area contributed by atoms with Crippen LogP contribution in [0.2, 0.25) is 0 Å². The number of anilines is 2. The first-order valence-corrected chi connectivity index (χ1v) is 11.5. The topological polar surface area (TPSA) is 105 Å². The number of hydrazone groups is 1. The number of hydrogen-bond acceptors (Lipinski definition) is 5. The number of halogens is 3. The zero-order valence-corrected chi connectivity index (χ0v) is 20.7. The Hall–Kier alpha value is -4.61. The number of hydrogen-bond donors (Lipinski definition) is 2. The molecule has 2 amide bonds. The molecule has 0 bridgehead atoms. The molecule has 0 atom stereocenters. The lowest BCUT2D eigenvalue weighted by Gasteiger charge is -2.18. The number of benzene rings is 2. The van der Waals surface area contributed by atoms with Gasteiger partial charge >= 0.3 is 6.36 Å². The van der Waals surface area contributed by atoms with Crippen LogP contribution < -0.4 is 25.9 Å². The molecule has 38 heavy (non-hydrogen) atoms. The minimum absolute atomic E-state index is 0.131. The van der Waals surface area contributed by atoms with Crippen LogP contribution in [-0.4, -0.2) is 36.1 Å². The lowest BCUT2D eigenvalue weighted by molar-refractivity contribution is -0.274. The predicted molar refractivity (Wildman–Crippen MR) is 137 cm³/mol. The van der Waals surface area contributed by atoms with Crippen molar-refractivity contribution in [2.75, 3.05) is 17.4 Å². The number of ether oxygens (including phenoxy) is 1. The van der Waals surface area contributed by atoms with E-state index in [4.69, 9.17) is 0 Å². The van der Waals surface area contributed by atoms with Crippen molar-refractivity contribution in [2.45, 2.75) is 32.7 Å². The van der Waals surface area contributed by atoms with E-state index in [0.29, 0.717) is 24.9 Å². The molecule has 0 saturated carbocycles. The monoisotopic (exact) mass is 529 g/mol. The van der Waals surface area contributed by atoms with Crippen LogP contribution in [0.25, 0.3) is 0 Å². The Bertz CT molecular complexity index is 1350. The van der Waals surface area contributed by atoms with Crippen molar-refractivity contribution in [3.63, 3.8) is 0 Å². The summed E-state index contributed by atoms with van der Waals surface area (Å²) in [5.41, 5.74) is 1.36. The molecular formula is C26H26F3N5O4. The lowest BCUT2D eigenvalue weighted by atomic mass is 10.1. The van der Waals surface area contributed by atoms with Gasteiger partial charge in [-0.3, -0.25) is 14.4 Å². The highest BCUT2D eigenvalue weighted by molar-refractivity contribution is 6.10. The summed E-state index contributed by atoms with van der Waals surface area (Å²) in [6.07, 6.45) is -2.14. The fourth-order valence-corrected chi connectivity index (χ4v) is 3.51. The third-order valence-corrected chi connectivity index (χ3v) is 5.40. The number of amidine groups is 1. The summed E-state index contributed by atoms with van der Waals surface area (Å²) >= 11 is 0. The number of carbonyl (C=O) groups excluding carboxylic acids is 2. The summed E-state index contributed by atoms with van der Waals surface area (Å²) in [7, 11) is 1.54. The maximum absolute atomic E-state index is 13.1. The molecule has 0 aliphatic rings. The van der Waals surface area contributed by atoms with Gasteiger partial charge in [-0.25, -0.2) is 5.01 Å². The van der Waals surface area contributed by atoms with Crippen molar-refractivity contribution in [3.05, 3.63) is 88.3 Å². The molecule has 2 aromatic carbocycles. The molecule has 0 spiro atoms. The average molecular weight is 530 g/mol. The van der Waals surface area contributed by atoms with E-state index in [2.05, 4.69) is 20.5 Å². The third-order valence-electron chi connectivity index (χ3n) is 5.40. The molecule has 3 rings (SSSR count). The zero-order valence-electron chi connectivity index (χ0n) is 20.7. The quantitative estimate of drug-likeness (QED) is 0.179. The molecule has 0 unspecified atom stereocenters. The largest absolute Gasteiger partial charge is 0.573 e. The fraction of sp³-hybridized carbons (Fsp3) is 0.231. The number of alkyl halides is 3. The second-order valence-corrected chi connectivity index (χ2v) is 8.08. The normalized spacial score (nSPS) is 11.6. The summed E-state index contributed by atoms with van der Waals surface area (Å²) in [5, 5.41) is 10.8. The molecule has 2 N–H and O–H groups in total. The molecule has 0 radical (unpaired) electrons. The smallest absolute Gasteiger partial charge is 0.406 e. The third kappa shape index (κ3) is 7.69. The summed E-state index contributed by atoms with van der Waals surface area (Å²) in [6, 6.07) is 15.0. The van der Waals surface area contributed by atoms with Crippen LogP contribution in [0.3, 0.4) is 0 Å². The molecule has 9 nitrogen and oxygen atoms in total. The number of aryl methyl sites for hydroxylation is 2. The minimum Gasteiger partial charge on any atom is -0.406 e. The molecule has 0 aliphatic carbocycles. The number of nitrogens with zero attached hydrogens (tertiary/aromatic N) is 3. The van der Waals surface area contributed by atoms with Crippen molar-refractivity contribution in [1.82, 2.24) is 9.88 Å². The van der Waals surface area contributed by atoms with Gasteiger partial charge in [0.2, 0.25) is 12.3 Å². The van der Waals surface area contributed by atoms with Gasteiger partial charge in [-0.1, -0.05) is 24.3 Å². The zero-order chi connectivity index (χ0) is 27.7. The van der Waals surface area contributed by atoms with Crippen molar-refractivity contribution < 1.29 is 27.5 Å². The summed E-state index contributed by atoms with van der Waals surface area (Å²) in [5.74, 6) is -0.422. The standard InChI is InChI=1S/C26H26F3N5O4/c1-18-7-3-4-8-21(18)24(31-22-9-5-15-33(25(22)37)16-6-10-23(36)30-2)32-34(17-35)19-11-13-20(14-12-19)38-26(27,28)29/h3-5,7-9,11-15,17H,6,10,16H2,1-2H3,(H,30,36)(H,31,32). The number of amides is 2. The highest BCUT2D eigenvalue weighted by Gasteiger charge is 2.31. The number of nitrogens with one attached hydrogen (secondary N) is 2. The van der Waals surface area contributed by atoms with Gasteiger partial charge < -0.3 is 19.9 Å². The molecule has 1 aromatic heterocycles. The molecular weight excluding hydrogens is 503 g/mol. The summed E-state index contributed by atoms with van der Waals surface area (Å²) in [6.45, 7) is 2.13. The van der Waals surface area contributed by atoms with Gasteiger partial charge in [0, 0.05) is 31.8 Å². The van der Waals surface area contributed by atoms with Crippen molar-refractivity contribution >= 4 is 29.5 Å². The number of carbonyl (C=O) groups is 2. The van der Waals surface area contributed by atoms with E-state index in [1.54, 1.807) is 37.5 Å². The molecule has 1 heterocycles. The number of rotatable bonds is 10. The van der Waals surface area contributed by atoms with Gasteiger partial charge in [-0.15, -0.1) is 18.3 Å². The average Bonchev–Trinajstić information content (AvgIpc) is 2.88. The lowest BCUT2D eigenvalue weighted by Crippen LogP contribution is -2.29. The van der Waals surface area contributed by atoms with Crippen LogP contribution >= 0.6 is 0 Å². The first-order valence-electron chi connectivity index (χ1n) is 11.5. The van der Waals surface area contributed by atoms with E-state index in [1.165, 1.54) is 16.7 Å². The Labute approximate surface area is 216 Å². The van der Waals surface area contributed by atoms with Gasteiger partial charge in [-0.05, 0) is 55.3 Å². The summed E-state index contributed by atoms with van der Waals surface area (Å²) in [4.78, 5) is 36.5. The SMILES string of the molecule is CNC(=O)CCCn1cccc(N/C(=N/N(C=O)c2ccc(OC(F)(F)F)cc2)c2ccccc2C)c1=O. The van der Waals surface area contributed by atoms with E-state index in [0.717, 1.165) is 22.7 Å². The van der Waals surface area contributed by atoms with Crippen molar-refractivity contribution in [1.29, 1.82) is 0 Å². The minimum atomic E-state index is -4.85. The van der Waals surface area contributed by atoms with Gasteiger partial charge in [0.25, 0.3) is 5.56 Å². The number of pyridine rings is 1. The highest BCUT2D eigenvalue weighted by Crippen LogP contribution is 2.25. The maximum atomic E-state index is 13.1. The van der Waals surface area contributed by atoms with Crippen LogP contribution in [-0.2, 0) is 16.1 Å². The maximum Gasteiger partial charge on any atom is 0.573 e. The molecule has 0 fully saturated rings. The Morgan fingerprint density at radius 2 is 1.82 bits per heavy atom. The second-order valence-electron chi connectivity index (χ2n) is 8.08. The fourth-order valence-electron chi connectivity index (χ4n) is 3.51. The van der Waals surface area contributed by atoms with Crippen molar-refractivity contribution in [3.8, 4) is 5.75 Å². The van der Waals surface area contributed by atoms with Gasteiger partial charge in [-0.2, -0.15) is 0 Å². The molecule has 12 heteroatoms. The van der Waals surface area contributed by atoms with E-state index < -0.39 is 12.1 Å². The Balaban J connectivity index is 1.94. The van der Waals surface area contributed by atoms with E-state index >= 15 is 0 Å². The first-order chi connectivity index (χ1) is 18.1. The molecule has 200 valence electrons. The van der Waals surface area contributed by atoms with Crippen molar-refractivity contribution in [2.24, 2.45) is 5.10 Å². The Kier molecular flexibility index (Phi) is 9.25. The van der Waals surface area contributed by atoms with Gasteiger partial charge in [0.15, 0.2) is 5.84 Å². The van der Waals surface area contributed by atoms with Crippen LogP contribution in [0.4, 0.5) is 24.5 Å².